The largest absolute Gasteiger partial charge is 0.433 e. The van der Waals surface area contributed by atoms with Crippen LogP contribution in [0.4, 0.5) is 5.88 Å². The van der Waals surface area contributed by atoms with Gasteiger partial charge in [0.05, 0.1) is 11.4 Å². The van der Waals surface area contributed by atoms with Gasteiger partial charge in [-0.3, -0.25) is 25.2 Å². The number of hydrogen-bond acceptors (Lipinski definition) is 8. The van der Waals surface area contributed by atoms with Crippen molar-refractivity contribution in [3.8, 4) is 0 Å². The van der Waals surface area contributed by atoms with Gasteiger partial charge in [0, 0.05) is 11.0 Å². The summed E-state index contributed by atoms with van der Waals surface area (Å²) >= 11 is 1.35. The van der Waals surface area contributed by atoms with Crippen molar-refractivity contribution in [1.82, 2.24) is 10.3 Å². The number of amides is 1. The molecule has 1 aromatic heterocycles. The molecule has 2 aliphatic rings. The number of carbonyl (C=O) groups is 1. The second kappa shape index (κ2) is 7.76. The Bertz CT molecular complexity index is 1180. The van der Waals surface area contributed by atoms with Crippen LogP contribution in [0.15, 0.2) is 69.6 Å². The van der Waals surface area contributed by atoms with E-state index in [0.29, 0.717) is 33.0 Å². The number of rotatable bonds is 5. The minimum atomic E-state index is -0.616. The highest BCUT2D eigenvalue weighted by Gasteiger charge is 2.32. The van der Waals surface area contributed by atoms with Crippen LogP contribution in [0.3, 0.4) is 0 Å². The maximum absolute atomic E-state index is 12.8. The maximum atomic E-state index is 12.8. The lowest BCUT2D eigenvalue weighted by atomic mass is 10.1. The average molecular weight is 409 g/mol. The van der Waals surface area contributed by atoms with Gasteiger partial charge < -0.3 is 4.42 Å². The third kappa shape index (κ3) is 3.69. The smallest absolute Gasteiger partial charge is 0.401 e. The molecule has 0 saturated carbocycles. The van der Waals surface area contributed by atoms with E-state index in [0.717, 1.165) is 0 Å². The van der Waals surface area contributed by atoms with Crippen LogP contribution in [0, 0.1) is 10.1 Å². The van der Waals surface area contributed by atoms with Gasteiger partial charge in [0.25, 0.3) is 5.91 Å². The zero-order chi connectivity index (χ0) is 20.4. The molecule has 29 heavy (non-hydrogen) atoms. The molecular weight excluding hydrogens is 394 g/mol. The first kappa shape index (κ1) is 18.7. The van der Waals surface area contributed by atoms with Crippen molar-refractivity contribution in [3.05, 3.63) is 81.6 Å². The normalized spacial score (nSPS) is 17.9. The number of amidine groups is 1. The van der Waals surface area contributed by atoms with Gasteiger partial charge in [0.1, 0.15) is 16.4 Å². The summed E-state index contributed by atoms with van der Waals surface area (Å²) in [7, 11) is 0. The third-order valence-electron chi connectivity index (χ3n) is 4.11. The number of thioether (sulfide) groups is 1. The fraction of sp³-hybridized carbons (Fsp3) is 0.105. The number of hydrazone groups is 1. The molecule has 4 rings (SSSR count). The monoisotopic (exact) mass is 409 g/mol. The highest BCUT2D eigenvalue weighted by molar-refractivity contribution is 8.14. The van der Waals surface area contributed by atoms with Crippen molar-refractivity contribution in [3.63, 3.8) is 0 Å². The number of fused-ring (bicyclic) bond motifs is 2. The molecule has 0 bridgehead atoms. The van der Waals surface area contributed by atoms with Crippen LogP contribution in [0.1, 0.15) is 5.76 Å². The molecule has 10 heteroatoms. The van der Waals surface area contributed by atoms with E-state index in [2.05, 4.69) is 22.0 Å². The Hall–Kier alpha value is -3.66. The molecular formula is C19H15N5O4S. The van der Waals surface area contributed by atoms with Crippen molar-refractivity contribution < 1.29 is 14.1 Å². The summed E-state index contributed by atoms with van der Waals surface area (Å²) in [6, 6.07) is 10.1. The fourth-order valence-corrected chi connectivity index (χ4v) is 3.48. The minimum Gasteiger partial charge on any atom is -0.401 e. The van der Waals surface area contributed by atoms with Crippen LogP contribution < -0.4 is 15.9 Å². The Balaban J connectivity index is 1.75. The molecule has 9 nitrogen and oxygen atoms in total. The molecule has 2 aromatic rings. The second-order valence-corrected chi connectivity index (χ2v) is 7.01. The minimum absolute atomic E-state index is 0.277. The number of carbonyl (C=O) groups excluding carboxylic acids is 1. The van der Waals surface area contributed by atoms with Crippen molar-refractivity contribution in [2.45, 2.75) is 6.17 Å². The standard InChI is InChI=1S/C19H15N5O4S/c1-2-11-29-19-21-18(25)17-13-5-3-4-6-14(13)20-15(23(17)22-19)9-7-12-8-10-16(28-12)24(26)27/h2-10,15H,1,11H2,(H,21,22,25)/b9-7+/t15-/m0/s1. The molecule has 0 aliphatic carbocycles. The van der Waals surface area contributed by atoms with E-state index in [4.69, 9.17) is 4.42 Å². The van der Waals surface area contributed by atoms with Crippen LogP contribution in [-0.2, 0) is 4.79 Å². The van der Waals surface area contributed by atoms with Crippen molar-refractivity contribution in [2.75, 3.05) is 5.75 Å². The molecule has 1 N–H and O–H groups in total. The highest BCUT2D eigenvalue weighted by Crippen LogP contribution is 2.23. The first-order valence-corrected chi connectivity index (χ1v) is 9.58. The lowest BCUT2D eigenvalue weighted by Gasteiger charge is -2.32. The zero-order valence-electron chi connectivity index (χ0n) is 15.0. The molecule has 1 amide bonds. The van der Waals surface area contributed by atoms with Gasteiger partial charge in [-0.1, -0.05) is 36.0 Å². The van der Waals surface area contributed by atoms with Gasteiger partial charge in [0.15, 0.2) is 11.3 Å². The second-order valence-electron chi connectivity index (χ2n) is 6.00. The Morgan fingerprint density at radius 2 is 2.17 bits per heavy atom. The SMILES string of the molecule is C=CCSC1=NN2C(=c3ccccc3=N[C@@H]2/C=C/c2ccc([N+](=O)[O-])o2)C(=O)N1. The highest BCUT2D eigenvalue weighted by atomic mass is 32.2. The van der Waals surface area contributed by atoms with Crippen molar-refractivity contribution in [2.24, 2.45) is 10.1 Å². The molecule has 0 fully saturated rings. The van der Waals surface area contributed by atoms with Gasteiger partial charge in [-0.05, 0) is 24.3 Å². The number of para-hydroxylation sites is 1. The van der Waals surface area contributed by atoms with E-state index in [1.165, 1.54) is 23.9 Å². The Morgan fingerprint density at radius 3 is 2.93 bits per heavy atom. The van der Waals surface area contributed by atoms with Gasteiger partial charge in [-0.25, -0.2) is 5.01 Å². The quantitative estimate of drug-likeness (QED) is 0.456. The molecule has 3 heterocycles. The molecule has 1 atom stereocenters. The molecule has 0 unspecified atom stereocenters. The topological polar surface area (TPSA) is 113 Å². The van der Waals surface area contributed by atoms with E-state index in [1.807, 2.05) is 24.3 Å². The zero-order valence-corrected chi connectivity index (χ0v) is 15.8. The first-order chi connectivity index (χ1) is 14.1. The van der Waals surface area contributed by atoms with Crippen molar-refractivity contribution >= 4 is 40.5 Å². The summed E-state index contributed by atoms with van der Waals surface area (Å²) in [6.45, 7) is 3.67. The lowest BCUT2D eigenvalue weighted by molar-refractivity contribution is -0.402. The molecule has 0 saturated heterocycles. The Morgan fingerprint density at radius 1 is 1.34 bits per heavy atom. The Kier molecular flexibility index (Phi) is 5.00. The first-order valence-electron chi connectivity index (χ1n) is 8.59. The fourth-order valence-electron chi connectivity index (χ4n) is 2.89. The predicted octanol–water partition coefficient (Wildman–Crippen LogP) is 1.59. The Labute approximate surface area is 168 Å². The summed E-state index contributed by atoms with van der Waals surface area (Å²) in [6.07, 6.45) is 4.35. The van der Waals surface area contributed by atoms with Gasteiger partial charge in [-0.2, -0.15) is 0 Å². The third-order valence-corrected chi connectivity index (χ3v) is 4.97. The molecule has 146 valence electrons. The summed E-state index contributed by atoms with van der Waals surface area (Å²) in [5.41, 5.74) is 0.388. The lowest BCUT2D eigenvalue weighted by Crippen LogP contribution is -2.52. The van der Waals surface area contributed by atoms with E-state index in [9.17, 15) is 14.9 Å². The van der Waals surface area contributed by atoms with E-state index in [-0.39, 0.29) is 11.8 Å². The maximum Gasteiger partial charge on any atom is 0.433 e. The molecule has 1 aromatic carbocycles. The van der Waals surface area contributed by atoms with Crippen LogP contribution >= 0.6 is 11.8 Å². The van der Waals surface area contributed by atoms with E-state index >= 15 is 0 Å². The summed E-state index contributed by atoms with van der Waals surface area (Å²) in [5, 5.41) is 21.4. The van der Waals surface area contributed by atoms with Crippen molar-refractivity contribution in [1.29, 1.82) is 0 Å². The number of furan rings is 1. The molecule has 2 aliphatic heterocycles. The van der Waals surface area contributed by atoms with Crippen LogP contribution in [-0.4, -0.2) is 32.9 Å². The van der Waals surface area contributed by atoms with Gasteiger partial charge >= 0.3 is 5.88 Å². The van der Waals surface area contributed by atoms with E-state index in [1.54, 1.807) is 23.2 Å². The molecule has 0 radical (unpaired) electrons. The van der Waals surface area contributed by atoms with E-state index < -0.39 is 11.1 Å². The number of benzene rings is 1. The average Bonchev–Trinajstić information content (AvgIpc) is 3.19. The summed E-state index contributed by atoms with van der Waals surface area (Å²) in [5.74, 6) is 0.272. The van der Waals surface area contributed by atoms with Crippen LogP contribution in [0.25, 0.3) is 11.8 Å². The number of hydrogen-bond donors (Lipinski definition) is 1. The number of nitrogens with one attached hydrogen (secondary N) is 1. The summed E-state index contributed by atoms with van der Waals surface area (Å²) < 4.78 is 5.15. The summed E-state index contributed by atoms with van der Waals surface area (Å²) in [4.78, 5) is 27.6. The van der Waals surface area contributed by atoms with Gasteiger partial charge in [-0.15, -0.1) is 11.7 Å². The predicted molar refractivity (Wildman–Crippen MR) is 109 cm³/mol. The van der Waals surface area contributed by atoms with Gasteiger partial charge in [0.2, 0.25) is 0 Å². The van der Waals surface area contributed by atoms with Crippen LogP contribution in [0.2, 0.25) is 0 Å². The number of nitrogens with zero attached hydrogens (tertiary/aromatic N) is 4. The van der Waals surface area contributed by atoms with Crippen LogP contribution in [0.5, 0.6) is 0 Å². The number of nitro groups is 1. The molecule has 0 spiro atoms.